The van der Waals surface area contributed by atoms with Gasteiger partial charge in [0.2, 0.25) is 0 Å². The molecule has 0 saturated carbocycles. The molecule has 9 heavy (non-hydrogen) atoms. The molecule has 0 atom stereocenters. The van der Waals surface area contributed by atoms with Crippen LogP contribution in [0.5, 0.6) is 0 Å². The lowest BCUT2D eigenvalue weighted by Gasteiger charge is -1.93. The van der Waals surface area contributed by atoms with Gasteiger partial charge in [-0.05, 0) is 31.9 Å². The Bertz CT molecular complexity index is 224. The lowest BCUT2D eigenvalue weighted by Crippen LogP contribution is -1.89. The van der Waals surface area contributed by atoms with Crippen LogP contribution in [-0.2, 0) is 0 Å². The number of nitrogens with zero attached hydrogens (tertiary/aromatic N) is 1. The van der Waals surface area contributed by atoms with Gasteiger partial charge in [-0.15, -0.1) is 0 Å². The van der Waals surface area contributed by atoms with E-state index in [-0.39, 0.29) is 0 Å². The molecule has 1 aromatic heterocycles. The Morgan fingerprint density at radius 3 is 2.67 bits per heavy atom. The van der Waals surface area contributed by atoms with Crippen LogP contribution in [0, 0.1) is 6.07 Å². The van der Waals surface area contributed by atoms with Crippen LogP contribution < -0.4 is 5.73 Å². The van der Waals surface area contributed by atoms with Crippen molar-refractivity contribution in [1.29, 1.82) is 0 Å². The standard InChI is InChI=1S/C5H3Br2N2/c6-3-1-4(7)5(8)9-2-3/h2H,(H2,8,9). The molecule has 0 spiro atoms. The largest absolute Gasteiger partial charge is 0.383 e. The number of anilines is 1. The fourth-order valence-electron chi connectivity index (χ4n) is 0.384. The minimum Gasteiger partial charge on any atom is -0.383 e. The van der Waals surface area contributed by atoms with E-state index in [1.807, 2.05) is 0 Å². The molecule has 1 rings (SSSR count). The molecular formula is C5H3Br2N2. The molecule has 0 unspecified atom stereocenters. The van der Waals surface area contributed by atoms with Crippen molar-refractivity contribution in [2.24, 2.45) is 0 Å². The lowest BCUT2D eigenvalue weighted by molar-refractivity contribution is 1.29. The second-order valence-corrected chi connectivity index (χ2v) is 3.08. The molecule has 0 bridgehead atoms. The van der Waals surface area contributed by atoms with Crippen LogP contribution in [0.4, 0.5) is 5.82 Å². The van der Waals surface area contributed by atoms with E-state index in [1.165, 1.54) is 0 Å². The Hall–Kier alpha value is -0.0900. The van der Waals surface area contributed by atoms with E-state index < -0.39 is 0 Å². The summed E-state index contributed by atoms with van der Waals surface area (Å²) >= 11 is 6.37. The summed E-state index contributed by atoms with van der Waals surface area (Å²) in [5.74, 6) is 0.457. The average molecular weight is 251 g/mol. The van der Waals surface area contributed by atoms with Gasteiger partial charge in [0, 0.05) is 16.7 Å². The third-order valence-corrected chi connectivity index (χ3v) is 1.78. The van der Waals surface area contributed by atoms with E-state index in [0.29, 0.717) is 10.3 Å². The second kappa shape index (κ2) is 2.66. The summed E-state index contributed by atoms with van der Waals surface area (Å²) in [6.07, 6.45) is 1.60. The second-order valence-electron chi connectivity index (χ2n) is 1.43. The molecule has 0 saturated heterocycles. The number of rotatable bonds is 0. The van der Waals surface area contributed by atoms with Gasteiger partial charge >= 0.3 is 0 Å². The lowest BCUT2D eigenvalue weighted by atomic mass is 10.5. The van der Waals surface area contributed by atoms with Gasteiger partial charge in [-0.2, -0.15) is 0 Å². The van der Waals surface area contributed by atoms with Crippen molar-refractivity contribution in [2.45, 2.75) is 0 Å². The minimum absolute atomic E-state index is 0.457. The Morgan fingerprint density at radius 1 is 1.56 bits per heavy atom. The number of nitrogen functional groups attached to an aromatic ring is 1. The van der Waals surface area contributed by atoms with E-state index >= 15 is 0 Å². The number of aromatic nitrogens is 1. The summed E-state index contributed by atoms with van der Waals surface area (Å²) in [7, 11) is 0. The smallest absolute Gasteiger partial charge is 0.138 e. The summed E-state index contributed by atoms with van der Waals surface area (Å²) in [5, 5.41) is 0. The maximum Gasteiger partial charge on any atom is 0.138 e. The summed E-state index contributed by atoms with van der Waals surface area (Å²) in [6, 6.07) is 2.88. The molecule has 1 heterocycles. The molecule has 2 N–H and O–H groups in total. The van der Waals surface area contributed by atoms with Crippen LogP contribution in [0.2, 0.25) is 0 Å². The van der Waals surface area contributed by atoms with Crippen molar-refractivity contribution >= 4 is 37.7 Å². The van der Waals surface area contributed by atoms with Gasteiger partial charge in [-0.1, -0.05) is 0 Å². The highest BCUT2D eigenvalue weighted by atomic mass is 79.9. The predicted molar refractivity (Wildman–Crippen MR) is 42.9 cm³/mol. The van der Waals surface area contributed by atoms with Gasteiger partial charge in [0.05, 0.1) is 4.47 Å². The topological polar surface area (TPSA) is 38.9 Å². The summed E-state index contributed by atoms with van der Waals surface area (Å²) in [4.78, 5) is 3.83. The number of pyridine rings is 1. The first kappa shape index (κ1) is 7.02. The van der Waals surface area contributed by atoms with Crippen LogP contribution in [-0.4, -0.2) is 4.98 Å². The Kier molecular flexibility index (Phi) is 2.08. The fourth-order valence-corrected chi connectivity index (χ4v) is 1.27. The van der Waals surface area contributed by atoms with Crippen LogP contribution >= 0.6 is 31.9 Å². The third-order valence-electron chi connectivity index (χ3n) is 0.771. The van der Waals surface area contributed by atoms with Gasteiger partial charge < -0.3 is 5.73 Å². The number of hydrogen-bond donors (Lipinski definition) is 1. The van der Waals surface area contributed by atoms with Crippen LogP contribution in [0.1, 0.15) is 0 Å². The van der Waals surface area contributed by atoms with E-state index in [1.54, 1.807) is 6.20 Å². The average Bonchev–Trinajstić information content (AvgIpc) is 1.80. The van der Waals surface area contributed by atoms with Crippen molar-refractivity contribution in [3.63, 3.8) is 0 Å². The molecule has 47 valence electrons. The normalized spacial score (nSPS) is 9.56. The highest BCUT2D eigenvalue weighted by Gasteiger charge is 1.95. The van der Waals surface area contributed by atoms with Crippen molar-refractivity contribution in [1.82, 2.24) is 4.98 Å². The zero-order valence-electron chi connectivity index (χ0n) is 4.36. The highest BCUT2D eigenvalue weighted by molar-refractivity contribution is 9.11. The van der Waals surface area contributed by atoms with Crippen LogP contribution in [0.15, 0.2) is 15.1 Å². The monoisotopic (exact) mass is 249 g/mol. The van der Waals surface area contributed by atoms with E-state index in [4.69, 9.17) is 5.73 Å². The van der Waals surface area contributed by atoms with Gasteiger partial charge in [-0.25, -0.2) is 4.98 Å². The van der Waals surface area contributed by atoms with Gasteiger partial charge in [0.1, 0.15) is 5.82 Å². The molecule has 0 amide bonds. The Balaban J connectivity index is 3.17. The molecule has 1 aromatic rings. The molecule has 0 aliphatic rings. The van der Waals surface area contributed by atoms with Crippen LogP contribution in [0.3, 0.4) is 0 Å². The van der Waals surface area contributed by atoms with Crippen molar-refractivity contribution < 1.29 is 0 Å². The van der Waals surface area contributed by atoms with Gasteiger partial charge in [-0.3, -0.25) is 0 Å². The molecule has 1 radical (unpaired) electrons. The molecular weight excluding hydrogens is 248 g/mol. The summed E-state index contributed by atoms with van der Waals surface area (Å²) in [6.45, 7) is 0. The molecule has 2 nitrogen and oxygen atoms in total. The number of hydrogen-bond acceptors (Lipinski definition) is 2. The van der Waals surface area contributed by atoms with E-state index in [0.717, 1.165) is 4.47 Å². The maximum atomic E-state index is 5.38. The van der Waals surface area contributed by atoms with Gasteiger partial charge in [0.25, 0.3) is 0 Å². The highest BCUT2D eigenvalue weighted by Crippen LogP contribution is 2.19. The van der Waals surface area contributed by atoms with Crippen LogP contribution in [0.25, 0.3) is 0 Å². The Morgan fingerprint density at radius 2 is 2.22 bits per heavy atom. The molecule has 0 aliphatic carbocycles. The Labute approximate surface area is 69.7 Å². The van der Waals surface area contributed by atoms with E-state index in [9.17, 15) is 0 Å². The van der Waals surface area contributed by atoms with E-state index in [2.05, 4.69) is 42.9 Å². The molecule has 4 heteroatoms. The third kappa shape index (κ3) is 1.66. The quantitative estimate of drug-likeness (QED) is 0.765. The number of nitrogens with two attached hydrogens (primary N) is 1. The predicted octanol–water partition coefficient (Wildman–Crippen LogP) is 1.99. The summed E-state index contributed by atoms with van der Waals surface area (Å²) in [5.41, 5.74) is 5.38. The maximum absolute atomic E-state index is 5.38. The first-order valence-corrected chi connectivity index (χ1v) is 3.77. The summed E-state index contributed by atoms with van der Waals surface area (Å²) < 4.78 is 1.49. The van der Waals surface area contributed by atoms with Crippen molar-refractivity contribution in [3.05, 3.63) is 21.2 Å². The van der Waals surface area contributed by atoms with Crippen molar-refractivity contribution in [3.8, 4) is 0 Å². The van der Waals surface area contributed by atoms with Gasteiger partial charge in [0.15, 0.2) is 0 Å². The first-order valence-electron chi connectivity index (χ1n) is 2.19. The molecule has 0 aromatic carbocycles. The zero-order chi connectivity index (χ0) is 6.85. The minimum atomic E-state index is 0.457. The zero-order valence-corrected chi connectivity index (χ0v) is 7.53. The molecule has 0 fully saturated rings. The number of halogens is 2. The van der Waals surface area contributed by atoms with Crippen molar-refractivity contribution in [2.75, 3.05) is 5.73 Å². The molecule has 0 aliphatic heterocycles. The first-order chi connectivity index (χ1) is 4.20. The fraction of sp³-hybridized carbons (Fsp3) is 0. The SMILES string of the molecule is Nc1ncc(Br)[c]c1Br.